The van der Waals surface area contributed by atoms with Crippen molar-refractivity contribution in [2.24, 2.45) is 7.05 Å². The second-order valence-electron chi connectivity index (χ2n) is 4.73. The second kappa shape index (κ2) is 5.70. The fourth-order valence-electron chi connectivity index (χ4n) is 2.01. The predicted octanol–water partition coefficient (Wildman–Crippen LogP) is 2.08. The van der Waals surface area contributed by atoms with E-state index in [0.717, 1.165) is 12.0 Å². The molecule has 2 aromatic heterocycles. The van der Waals surface area contributed by atoms with E-state index in [9.17, 15) is 13.2 Å². The van der Waals surface area contributed by atoms with Crippen LogP contribution in [0.2, 0.25) is 0 Å². The molecule has 0 aliphatic rings. The highest BCUT2D eigenvalue weighted by Crippen LogP contribution is 2.34. The molecule has 0 spiro atoms. The van der Waals surface area contributed by atoms with Crippen LogP contribution in [0.1, 0.15) is 5.56 Å². The lowest BCUT2D eigenvalue weighted by atomic mass is 10.3. The fourth-order valence-corrected chi connectivity index (χ4v) is 2.01. The van der Waals surface area contributed by atoms with Crippen molar-refractivity contribution >= 4 is 23.3 Å². The zero-order chi connectivity index (χ0) is 16.5. The van der Waals surface area contributed by atoms with E-state index in [1.165, 1.54) is 7.05 Å². The molecule has 2 aromatic rings. The van der Waals surface area contributed by atoms with Gasteiger partial charge in [-0.15, -0.1) is 0 Å². The van der Waals surface area contributed by atoms with Gasteiger partial charge >= 0.3 is 6.18 Å². The van der Waals surface area contributed by atoms with Crippen molar-refractivity contribution in [3.63, 3.8) is 0 Å². The molecular formula is C12H16F3N7. The SMILES string of the molecule is CNc1nc(Nc2cnn(C)c2N(C)C)ncc1C(F)(F)F. The lowest BCUT2D eigenvalue weighted by molar-refractivity contribution is -0.137. The van der Waals surface area contributed by atoms with Gasteiger partial charge in [-0.3, -0.25) is 4.68 Å². The molecule has 0 saturated heterocycles. The number of aromatic nitrogens is 4. The Kier molecular flexibility index (Phi) is 4.11. The summed E-state index contributed by atoms with van der Waals surface area (Å²) < 4.78 is 40.1. The Hall–Kier alpha value is -2.52. The molecule has 10 heteroatoms. The van der Waals surface area contributed by atoms with Crippen LogP contribution in [0.3, 0.4) is 0 Å². The van der Waals surface area contributed by atoms with E-state index < -0.39 is 11.7 Å². The summed E-state index contributed by atoms with van der Waals surface area (Å²) in [7, 11) is 6.79. The number of nitrogens with one attached hydrogen (secondary N) is 2. The Morgan fingerprint density at radius 2 is 1.91 bits per heavy atom. The van der Waals surface area contributed by atoms with Gasteiger partial charge in [0.15, 0.2) is 0 Å². The van der Waals surface area contributed by atoms with Crippen LogP contribution < -0.4 is 15.5 Å². The van der Waals surface area contributed by atoms with Crippen molar-refractivity contribution in [3.05, 3.63) is 18.0 Å². The zero-order valence-electron chi connectivity index (χ0n) is 12.5. The Bertz CT molecular complexity index is 663. The third-order valence-electron chi connectivity index (χ3n) is 2.91. The standard InChI is InChI=1S/C12H16F3N7/c1-16-9-7(12(13,14)15)5-17-11(20-9)19-8-6-18-22(4)10(8)21(2)3/h5-6H,1-4H3,(H2,16,17,19,20). The monoisotopic (exact) mass is 315 g/mol. The van der Waals surface area contributed by atoms with E-state index in [-0.39, 0.29) is 11.8 Å². The molecule has 0 saturated carbocycles. The number of anilines is 4. The Morgan fingerprint density at radius 3 is 2.45 bits per heavy atom. The summed E-state index contributed by atoms with van der Waals surface area (Å²) >= 11 is 0. The van der Waals surface area contributed by atoms with Gasteiger partial charge in [0, 0.05) is 34.4 Å². The number of halogens is 3. The minimum Gasteiger partial charge on any atom is -0.372 e. The highest BCUT2D eigenvalue weighted by Gasteiger charge is 2.35. The molecule has 2 heterocycles. The minimum absolute atomic E-state index is 0.0495. The summed E-state index contributed by atoms with van der Waals surface area (Å²) in [5.74, 6) is 0.503. The zero-order valence-corrected chi connectivity index (χ0v) is 12.5. The lowest BCUT2D eigenvalue weighted by Gasteiger charge is -2.16. The average molecular weight is 315 g/mol. The maximum absolute atomic E-state index is 12.8. The van der Waals surface area contributed by atoms with Gasteiger partial charge < -0.3 is 15.5 Å². The molecule has 0 bridgehead atoms. The number of hydrogen-bond acceptors (Lipinski definition) is 6. The van der Waals surface area contributed by atoms with Gasteiger partial charge in [-0.2, -0.15) is 23.3 Å². The van der Waals surface area contributed by atoms with Crippen molar-refractivity contribution in [1.29, 1.82) is 0 Å². The van der Waals surface area contributed by atoms with Crippen LogP contribution in [0.15, 0.2) is 12.4 Å². The van der Waals surface area contributed by atoms with Gasteiger partial charge in [0.2, 0.25) is 5.95 Å². The van der Waals surface area contributed by atoms with E-state index >= 15 is 0 Å². The molecule has 0 aromatic carbocycles. The number of nitrogens with zero attached hydrogens (tertiary/aromatic N) is 5. The highest BCUT2D eigenvalue weighted by atomic mass is 19.4. The van der Waals surface area contributed by atoms with Crippen molar-refractivity contribution in [1.82, 2.24) is 19.7 Å². The lowest BCUT2D eigenvalue weighted by Crippen LogP contribution is -2.15. The summed E-state index contributed by atoms with van der Waals surface area (Å²) in [5, 5.41) is 9.40. The summed E-state index contributed by atoms with van der Waals surface area (Å²) in [5.41, 5.74) is -0.325. The highest BCUT2D eigenvalue weighted by molar-refractivity contribution is 5.69. The number of alkyl halides is 3. The molecular weight excluding hydrogens is 299 g/mol. The van der Waals surface area contributed by atoms with Crippen LogP contribution >= 0.6 is 0 Å². The van der Waals surface area contributed by atoms with Crippen LogP contribution in [0.25, 0.3) is 0 Å². The molecule has 0 atom stereocenters. The third-order valence-corrected chi connectivity index (χ3v) is 2.91. The first-order chi connectivity index (χ1) is 10.2. The van der Waals surface area contributed by atoms with Gasteiger partial charge in [-0.1, -0.05) is 0 Å². The van der Waals surface area contributed by atoms with Crippen molar-refractivity contribution in [2.45, 2.75) is 6.18 Å². The molecule has 0 aliphatic carbocycles. The first kappa shape index (κ1) is 15.9. The molecule has 0 unspecified atom stereocenters. The first-order valence-corrected chi connectivity index (χ1v) is 6.32. The number of rotatable bonds is 4. The van der Waals surface area contributed by atoms with E-state index in [0.29, 0.717) is 5.69 Å². The Labute approximate surface area is 125 Å². The predicted molar refractivity (Wildman–Crippen MR) is 77.4 cm³/mol. The van der Waals surface area contributed by atoms with Gasteiger partial charge in [0.05, 0.1) is 6.20 Å². The van der Waals surface area contributed by atoms with E-state index in [2.05, 4.69) is 25.7 Å². The first-order valence-electron chi connectivity index (χ1n) is 6.32. The van der Waals surface area contributed by atoms with Crippen LogP contribution in [-0.4, -0.2) is 40.9 Å². The van der Waals surface area contributed by atoms with Crippen LogP contribution in [0, 0.1) is 0 Å². The van der Waals surface area contributed by atoms with Gasteiger partial charge in [0.1, 0.15) is 22.9 Å². The number of aryl methyl sites for hydroxylation is 1. The van der Waals surface area contributed by atoms with E-state index in [4.69, 9.17) is 0 Å². The topological polar surface area (TPSA) is 70.9 Å². The second-order valence-corrected chi connectivity index (χ2v) is 4.73. The summed E-state index contributed by atoms with van der Waals surface area (Å²) in [6.07, 6.45) is -2.22. The average Bonchev–Trinajstić information content (AvgIpc) is 2.78. The van der Waals surface area contributed by atoms with E-state index in [1.807, 2.05) is 19.0 Å². The summed E-state index contributed by atoms with van der Waals surface area (Å²) in [6, 6.07) is 0. The molecule has 0 aliphatic heterocycles. The van der Waals surface area contributed by atoms with E-state index in [1.54, 1.807) is 17.9 Å². The Morgan fingerprint density at radius 1 is 1.23 bits per heavy atom. The van der Waals surface area contributed by atoms with Gasteiger partial charge in [-0.05, 0) is 0 Å². The molecule has 2 N–H and O–H groups in total. The quantitative estimate of drug-likeness (QED) is 0.900. The van der Waals surface area contributed by atoms with Gasteiger partial charge in [0.25, 0.3) is 0 Å². The molecule has 2 rings (SSSR count). The summed E-state index contributed by atoms with van der Waals surface area (Å²) in [6.45, 7) is 0. The summed E-state index contributed by atoms with van der Waals surface area (Å²) in [4.78, 5) is 9.39. The fraction of sp³-hybridized carbons (Fsp3) is 0.417. The molecule has 7 nitrogen and oxygen atoms in total. The Balaban J connectivity index is 2.36. The smallest absolute Gasteiger partial charge is 0.372 e. The van der Waals surface area contributed by atoms with Crippen LogP contribution in [0.4, 0.5) is 36.4 Å². The van der Waals surface area contributed by atoms with Crippen molar-refractivity contribution in [2.75, 3.05) is 36.7 Å². The van der Waals surface area contributed by atoms with Crippen LogP contribution in [0.5, 0.6) is 0 Å². The largest absolute Gasteiger partial charge is 0.421 e. The molecule has 22 heavy (non-hydrogen) atoms. The maximum atomic E-state index is 12.8. The molecule has 0 radical (unpaired) electrons. The maximum Gasteiger partial charge on any atom is 0.421 e. The minimum atomic E-state index is -4.51. The molecule has 0 fully saturated rings. The third kappa shape index (κ3) is 3.05. The molecule has 0 amide bonds. The molecule has 120 valence electrons. The normalized spacial score (nSPS) is 11.4. The van der Waals surface area contributed by atoms with Crippen LogP contribution in [-0.2, 0) is 13.2 Å². The van der Waals surface area contributed by atoms with Gasteiger partial charge in [-0.25, -0.2) is 4.98 Å². The number of hydrogen-bond donors (Lipinski definition) is 2. The van der Waals surface area contributed by atoms with Crippen molar-refractivity contribution in [3.8, 4) is 0 Å². The van der Waals surface area contributed by atoms with Crippen molar-refractivity contribution < 1.29 is 13.2 Å².